The van der Waals surface area contributed by atoms with Crippen LogP contribution >= 0.6 is 0 Å². The number of amides is 1. The van der Waals surface area contributed by atoms with Crippen LogP contribution in [0, 0.1) is 11.8 Å². The smallest absolute Gasteiger partial charge is 0.408 e. The zero-order valence-electron chi connectivity index (χ0n) is 22.0. The molecule has 2 N–H and O–H groups in total. The zero-order valence-corrected chi connectivity index (χ0v) is 22.0. The van der Waals surface area contributed by atoms with Crippen molar-refractivity contribution in [2.45, 2.75) is 102 Å². The molecular weight excluding hydrogens is 509 g/mol. The van der Waals surface area contributed by atoms with Gasteiger partial charge in [0, 0.05) is 25.3 Å². The fourth-order valence-corrected chi connectivity index (χ4v) is 5.03. The number of alkyl carbamates (subject to hydrolysis) is 1. The number of hydrogen-bond donors (Lipinski definition) is 2. The minimum Gasteiger partial charge on any atom is -0.444 e. The minimum absolute atomic E-state index is 0.00559. The van der Waals surface area contributed by atoms with Crippen LogP contribution in [0.15, 0.2) is 18.5 Å². The number of carbonyl (C=O) groups excluding carboxylic acids is 1. The van der Waals surface area contributed by atoms with Crippen molar-refractivity contribution in [3.63, 3.8) is 0 Å². The molecule has 0 aliphatic heterocycles. The van der Waals surface area contributed by atoms with Crippen molar-refractivity contribution in [1.82, 2.24) is 25.2 Å². The lowest BCUT2D eigenvalue weighted by molar-refractivity contribution is -0.135. The van der Waals surface area contributed by atoms with Gasteiger partial charge in [-0.05, 0) is 82.9 Å². The normalized spacial score (nSPS) is 20.3. The maximum absolute atomic E-state index is 13.9. The Labute approximate surface area is 218 Å². The van der Waals surface area contributed by atoms with Crippen LogP contribution in [0.4, 0.5) is 26.7 Å². The number of ether oxygens (including phenoxy) is 1. The lowest BCUT2D eigenvalue weighted by Crippen LogP contribution is -2.40. The van der Waals surface area contributed by atoms with Gasteiger partial charge in [0.15, 0.2) is 5.65 Å². The second kappa shape index (κ2) is 10.9. The summed E-state index contributed by atoms with van der Waals surface area (Å²) in [4.78, 5) is 17.3. The topological polar surface area (TPSA) is 80.5 Å². The van der Waals surface area contributed by atoms with Gasteiger partial charge in [0.2, 0.25) is 5.92 Å². The third kappa shape index (κ3) is 8.00. The number of alkyl halides is 5. The van der Waals surface area contributed by atoms with Crippen molar-refractivity contribution < 1.29 is 31.5 Å². The van der Waals surface area contributed by atoms with E-state index < -0.39 is 36.3 Å². The van der Waals surface area contributed by atoms with Crippen molar-refractivity contribution in [2.24, 2.45) is 11.8 Å². The van der Waals surface area contributed by atoms with Gasteiger partial charge in [0.25, 0.3) is 0 Å². The third-order valence-electron chi connectivity index (χ3n) is 7.04. The van der Waals surface area contributed by atoms with Crippen LogP contribution in [-0.4, -0.2) is 44.9 Å². The summed E-state index contributed by atoms with van der Waals surface area (Å²) in [5.74, 6) is -2.64. The number of carbonyl (C=O) groups is 1. The quantitative estimate of drug-likeness (QED) is 0.278. The van der Waals surface area contributed by atoms with Crippen LogP contribution < -0.4 is 10.6 Å². The summed E-state index contributed by atoms with van der Waals surface area (Å²) in [5, 5.41) is 10.6. The van der Waals surface area contributed by atoms with E-state index in [4.69, 9.17) is 9.72 Å². The fraction of sp³-hybridized carbons (Fsp3) is 0.731. The summed E-state index contributed by atoms with van der Waals surface area (Å²) in [5.41, 5.74) is 1.11. The van der Waals surface area contributed by atoms with Crippen molar-refractivity contribution in [3.8, 4) is 0 Å². The molecule has 7 nitrogen and oxygen atoms in total. The first-order chi connectivity index (χ1) is 17.7. The number of imidazole rings is 1. The SMILES string of the molecule is CC(C)(C)OC(=O)N[C@H](c1cn2ncc([C@H](NCCCC(F)(F)F)C3CC3)cc2n1)C1CCC(F)(F)CC1. The third-order valence-corrected chi connectivity index (χ3v) is 7.04. The lowest BCUT2D eigenvalue weighted by Gasteiger charge is -2.33. The standard InChI is InChI=1S/C26H36F5N5O2/c1-24(2,3)38-23(37)35-22(17-7-10-25(27,28)11-8-17)19-15-36-20(34-19)13-18(14-33-36)21(16-5-6-16)32-12-4-9-26(29,30)31/h13-17,21-22,32H,4-12H2,1-3H3,(H,35,37)/t21-,22+/m1/s1. The molecule has 0 spiro atoms. The number of halogens is 5. The highest BCUT2D eigenvalue weighted by molar-refractivity contribution is 5.68. The lowest BCUT2D eigenvalue weighted by atomic mass is 9.81. The summed E-state index contributed by atoms with van der Waals surface area (Å²) in [6.07, 6.45) is -0.419. The molecule has 2 fully saturated rings. The molecule has 2 heterocycles. The molecular formula is C26H36F5N5O2. The molecule has 2 aliphatic carbocycles. The first kappa shape index (κ1) is 28.5. The van der Waals surface area contributed by atoms with Gasteiger partial charge in [-0.15, -0.1) is 0 Å². The molecule has 0 unspecified atom stereocenters. The summed E-state index contributed by atoms with van der Waals surface area (Å²) in [6, 6.07) is 1.08. The van der Waals surface area contributed by atoms with E-state index in [2.05, 4.69) is 15.7 Å². The highest BCUT2D eigenvalue weighted by Crippen LogP contribution is 2.42. The fourth-order valence-electron chi connectivity index (χ4n) is 5.03. The van der Waals surface area contributed by atoms with Gasteiger partial charge in [-0.3, -0.25) is 0 Å². The molecule has 0 aromatic carbocycles. The molecule has 2 saturated carbocycles. The van der Waals surface area contributed by atoms with E-state index in [1.807, 2.05) is 6.07 Å². The van der Waals surface area contributed by atoms with E-state index in [-0.39, 0.29) is 50.6 Å². The number of nitrogens with zero attached hydrogens (tertiary/aromatic N) is 3. The van der Waals surface area contributed by atoms with Crippen molar-refractivity contribution in [3.05, 3.63) is 29.7 Å². The van der Waals surface area contributed by atoms with Crippen molar-refractivity contribution in [1.29, 1.82) is 0 Å². The van der Waals surface area contributed by atoms with Crippen LogP contribution in [0.3, 0.4) is 0 Å². The molecule has 38 heavy (non-hydrogen) atoms. The number of nitrogens with one attached hydrogen (secondary N) is 2. The molecule has 12 heteroatoms. The van der Waals surface area contributed by atoms with E-state index in [1.165, 1.54) is 0 Å². The Hall–Kier alpha value is -2.50. The molecule has 2 atom stereocenters. The molecule has 2 aromatic heterocycles. The summed E-state index contributed by atoms with van der Waals surface area (Å²) < 4.78 is 72.3. The first-order valence-corrected chi connectivity index (χ1v) is 13.2. The van der Waals surface area contributed by atoms with Gasteiger partial charge in [0.1, 0.15) is 5.60 Å². The van der Waals surface area contributed by atoms with E-state index in [0.29, 0.717) is 17.3 Å². The van der Waals surface area contributed by atoms with Crippen molar-refractivity contribution >= 4 is 11.7 Å². The number of aromatic nitrogens is 3. The minimum atomic E-state index is -4.18. The highest BCUT2D eigenvalue weighted by atomic mass is 19.4. The second-order valence-electron chi connectivity index (χ2n) is 11.6. The van der Waals surface area contributed by atoms with Crippen LogP contribution in [-0.2, 0) is 4.74 Å². The Morgan fingerprint density at radius 2 is 1.79 bits per heavy atom. The maximum Gasteiger partial charge on any atom is 0.408 e. The van der Waals surface area contributed by atoms with Crippen LogP contribution in [0.1, 0.15) is 95.5 Å². The molecule has 4 rings (SSSR count). The Morgan fingerprint density at radius 1 is 1.13 bits per heavy atom. The molecule has 0 saturated heterocycles. The van der Waals surface area contributed by atoms with Gasteiger partial charge in [0.05, 0.1) is 24.1 Å². The van der Waals surface area contributed by atoms with E-state index >= 15 is 0 Å². The predicted octanol–water partition coefficient (Wildman–Crippen LogP) is 6.50. The average molecular weight is 546 g/mol. The van der Waals surface area contributed by atoms with Gasteiger partial charge in [-0.2, -0.15) is 18.3 Å². The van der Waals surface area contributed by atoms with E-state index in [1.54, 1.807) is 37.7 Å². The summed E-state index contributed by atoms with van der Waals surface area (Å²) in [7, 11) is 0. The Bertz CT molecular complexity index is 1100. The predicted molar refractivity (Wildman–Crippen MR) is 131 cm³/mol. The number of hydrogen-bond acceptors (Lipinski definition) is 5. The van der Waals surface area contributed by atoms with Crippen LogP contribution in [0.2, 0.25) is 0 Å². The van der Waals surface area contributed by atoms with Gasteiger partial charge < -0.3 is 15.4 Å². The number of fused-ring (bicyclic) bond motifs is 1. The Morgan fingerprint density at radius 3 is 2.39 bits per heavy atom. The molecule has 0 radical (unpaired) electrons. The van der Waals surface area contributed by atoms with E-state index in [9.17, 15) is 26.7 Å². The van der Waals surface area contributed by atoms with Gasteiger partial charge in [-0.25, -0.2) is 23.1 Å². The maximum atomic E-state index is 13.9. The average Bonchev–Trinajstić information content (AvgIpc) is 3.53. The summed E-state index contributed by atoms with van der Waals surface area (Å²) in [6.45, 7) is 5.46. The van der Waals surface area contributed by atoms with E-state index in [0.717, 1.165) is 18.4 Å². The molecule has 2 aliphatic rings. The zero-order chi connectivity index (χ0) is 27.7. The largest absolute Gasteiger partial charge is 0.444 e. The summed E-state index contributed by atoms with van der Waals surface area (Å²) >= 11 is 0. The Balaban J connectivity index is 1.53. The highest BCUT2D eigenvalue weighted by Gasteiger charge is 2.40. The molecule has 212 valence electrons. The Kier molecular flexibility index (Phi) is 8.20. The molecule has 2 aromatic rings. The molecule has 0 bridgehead atoms. The second-order valence-corrected chi connectivity index (χ2v) is 11.6. The van der Waals surface area contributed by atoms with Crippen LogP contribution in [0.5, 0.6) is 0 Å². The van der Waals surface area contributed by atoms with Crippen molar-refractivity contribution in [2.75, 3.05) is 6.54 Å². The monoisotopic (exact) mass is 545 g/mol. The van der Waals surface area contributed by atoms with Gasteiger partial charge in [-0.1, -0.05) is 0 Å². The number of rotatable bonds is 9. The van der Waals surface area contributed by atoms with Gasteiger partial charge >= 0.3 is 12.3 Å². The first-order valence-electron chi connectivity index (χ1n) is 13.2. The molecule has 1 amide bonds. The van der Waals surface area contributed by atoms with Crippen LogP contribution in [0.25, 0.3) is 5.65 Å².